The molecule has 1 heterocycles. The summed E-state index contributed by atoms with van der Waals surface area (Å²) in [7, 11) is -3.99. The Hall–Kier alpha value is -1.64. The molecule has 2 rings (SSSR count). The number of nitrogens with zero attached hydrogens (tertiary/aromatic N) is 1. The van der Waals surface area contributed by atoms with Crippen LogP contribution in [-0.4, -0.2) is 23.7 Å². The van der Waals surface area contributed by atoms with E-state index in [4.69, 9.17) is 16.7 Å². The first kappa shape index (κ1) is 14.8. The molecule has 0 unspecified atom stereocenters. The third kappa shape index (κ3) is 2.77. The zero-order chi connectivity index (χ0) is 14.9. The summed E-state index contributed by atoms with van der Waals surface area (Å²) in [4.78, 5) is -0.157. The molecule has 0 saturated carbocycles. The molecule has 3 N–H and O–H groups in total. The highest BCUT2D eigenvalue weighted by atomic mass is 35.5. The Morgan fingerprint density at radius 1 is 1.50 bits per heavy atom. The number of halogens is 2. The maximum atomic E-state index is 13.3. The molecule has 0 aliphatic carbocycles. The summed E-state index contributed by atoms with van der Waals surface area (Å²) in [6.45, 7) is 0.971. The number of sulfonamides is 1. The minimum absolute atomic E-state index is 0.00978. The van der Waals surface area contributed by atoms with Gasteiger partial charge in [-0.2, -0.15) is 5.10 Å². The average Bonchev–Trinajstić information content (AvgIpc) is 2.75. The lowest BCUT2D eigenvalue weighted by Gasteiger charge is -2.09. The maximum Gasteiger partial charge on any atom is 0.265 e. The van der Waals surface area contributed by atoms with E-state index in [1.54, 1.807) is 0 Å². The molecule has 6 nitrogen and oxygen atoms in total. The van der Waals surface area contributed by atoms with Crippen LogP contribution in [0.25, 0.3) is 0 Å². The summed E-state index contributed by atoms with van der Waals surface area (Å²) in [5.41, 5.74) is 0.289. The largest absolute Gasteiger partial charge is 0.390 e. The van der Waals surface area contributed by atoms with E-state index >= 15 is 0 Å². The SMILES string of the molecule is Cc1[nH]nc(CO)c1S(=O)(=O)Nc1ccc(Cl)c(F)c1. The number of hydrogen-bond donors (Lipinski definition) is 3. The first-order chi connectivity index (χ1) is 9.35. The first-order valence-electron chi connectivity index (χ1n) is 5.47. The summed E-state index contributed by atoms with van der Waals surface area (Å²) in [6.07, 6.45) is 0. The number of aliphatic hydroxyl groups is 1. The summed E-state index contributed by atoms with van der Waals surface area (Å²) in [5, 5.41) is 15.1. The fourth-order valence-corrected chi connectivity index (χ4v) is 3.22. The van der Waals surface area contributed by atoms with Crippen molar-refractivity contribution in [1.29, 1.82) is 0 Å². The van der Waals surface area contributed by atoms with Crippen LogP contribution in [0.2, 0.25) is 5.02 Å². The molecule has 0 spiro atoms. The average molecular weight is 320 g/mol. The van der Waals surface area contributed by atoms with Crippen molar-refractivity contribution in [2.24, 2.45) is 0 Å². The molecular weight excluding hydrogens is 309 g/mol. The Balaban J connectivity index is 2.40. The molecule has 1 aromatic heterocycles. The summed E-state index contributed by atoms with van der Waals surface area (Å²) in [6, 6.07) is 3.54. The van der Waals surface area contributed by atoms with Gasteiger partial charge in [0.1, 0.15) is 16.4 Å². The molecule has 20 heavy (non-hydrogen) atoms. The monoisotopic (exact) mass is 319 g/mol. The van der Waals surface area contributed by atoms with Crippen molar-refractivity contribution >= 4 is 27.3 Å². The van der Waals surface area contributed by atoms with Crippen LogP contribution in [0, 0.1) is 12.7 Å². The topological polar surface area (TPSA) is 95.1 Å². The van der Waals surface area contributed by atoms with Crippen molar-refractivity contribution in [3.63, 3.8) is 0 Å². The van der Waals surface area contributed by atoms with Gasteiger partial charge in [0.2, 0.25) is 0 Å². The lowest BCUT2D eigenvalue weighted by molar-refractivity contribution is 0.273. The van der Waals surface area contributed by atoms with Crippen LogP contribution in [0.4, 0.5) is 10.1 Å². The van der Waals surface area contributed by atoms with Gasteiger partial charge in [0.15, 0.2) is 0 Å². The van der Waals surface area contributed by atoms with Crippen molar-refractivity contribution < 1.29 is 17.9 Å². The van der Waals surface area contributed by atoms with Crippen LogP contribution in [0.3, 0.4) is 0 Å². The van der Waals surface area contributed by atoms with Crippen LogP contribution in [0.1, 0.15) is 11.4 Å². The molecule has 0 saturated heterocycles. The predicted octanol–water partition coefficient (Wildman–Crippen LogP) is 1.80. The Bertz CT molecular complexity index is 745. The van der Waals surface area contributed by atoms with Crippen LogP contribution >= 0.6 is 11.6 Å². The van der Waals surface area contributed by atoms with Gasteiger partial charge in [-0.1, -0.05) is 11.6 Å². The molecule has 0 radical (unpaired) electrons. The highest BCUT2D eigenvalue weighted by Gasteiger charge is 2.24. The van der Waals surface area contributed by atoms with Crippen molar-refractivity contribution in [3.8, 4) is 0 Å². The Kier molecular flexibility index (Phi) is 3.98. The molecule has 0 atom stereocenters. The highest BCUT2D eigenvalue weighted by molar-refractivity contribution is 7.92. The molecule has 0 aliphatic rings. The van der Waals surface area contributed by atoms with Crippen molar-refractivity contribution in [2.45, 2.75) is 18.4 Å². The Morgan fingerprint density at radius 2 is 2.20 bits per heavy atom. The summed E-state index contributed by atoms with van der Waals surface area (Å²) < 4.78 is 39.9. The van der Waals surface area contributed by atoms with Crippen LogP contribution in [0.5, 0.6) is 0 Å². The van der Waals surface area contributed by atoms with Crippen molar-refractivity contribution in [1.82, 2.24) is 10.2 Å². The van der Waals surface area contributed by atoms with Crippen molar-refractivity contribution in [2.75, 3.05) is 4.72 Å². The number of benzene rings is 1. The molecule has 9 heteroatoms. The van der Waals surface area contributed by atoms with Gasteiger partial charge in [0.05, 0.1) is 23.0 Å². The molecular formula is C11H11ClFN3O3S. The molecule has 0 fully saturated rings. The smallest absolute Gasteiger partial charge is 0.265 e. The molecule has 0 amide bonds. The molecule has 0 aliphatic heterocycles. The molecule has 0 bridgehead atoms. The molecule has 108 valence electrons. The van der Waals surface area contributed by atoms with Crippen LogP contribution in [0.15, 0.2) is 23.1 Å². The second-order valence-electron chi connectivity index (χ2n) is 4.02. The number of anilines is 1. The second kappa shape index (κ2) is 5.39. The lowest BCUT2D eigenvalue weighted by Crippen LogP contribution is -2.15. The summed E-state index contributed by atoms with van der Waals surface area (Å²) >= 11 is 5.52. The number of aromatic amines is 1. The normalized spacial score (nSPS) is 11.6. The highest BCUT2D eigenvalue weighted by Crippen LogP contribution is 2.24. The van der Waals surface area contributed by atoms with E-state index in [0.29, 0.717) is 0 Å². The minimum atomic E-state index is -3.99. The number of rotatable bonds is 4. The van der Waals surface area contributed by atoms with Gasteiger partial charge in [-0.25, -0.2) is 12.8 Å². The van der Waals surface area contributed by atoms with Gasteiger partial charge in [-0.05, 0) is 25.1 Å². The zero-order valence-electron chi connectivity index (χ0n) is 10.3. The van der Waals surface area contributed by atoms with Gasteiger partial charge < -0.3 is 5.11 Å². The fraction of sp³-hybridized carbons (Fsp3) is 0.182. The number of aliphatic hydroxyl groups excluding tert-OH is 1. The quantitative estimate of drug-likeness (QED) is 0.801. The van der Waals surface area contributed by atoms with E-state index in [-0.39, 0.29) is 27.0 Å². The van der Waals surface area contributed by atoms with E-state index in [1.807, 2.05) is 0 Å². The van der Waals surface area contributed by atoms with Gasteiger partial charge in [-0.15, -0.1) is 0 Å². The standard InChI is InChI=1S/C11H11ClFN3O3S/c1-6-11(10(5-17)15-14-6)20(18,19)16-7-2-3-8(12)9(13)4-7/h2-4,16-17H,5H2,1H3,(H,14,15). The Morgan fingerprint density at radius 3 is 2.80 bits per heavy atom. The van der Waals surface area contributed by atoms with E-state index in [2.05, 4.69) is 14.9 Å². The molecule has 1 aromatic carbocycles. The van der Waals surface area contributed by atoms with Crippen molar-refractivity contribution in [3.05, 3.63) is 40.4 Å². The van der Waals surface area contributed by atoms with Gasteiger partial charge in [0, 0.05) is 0 Å². The first-order valence-corrected chi connectivity index (χ1v) is 7.34. The number of aromatic nitrogens is 2. The second-order valence-corrected chi connectivity index (χ2v) is 6.04. The fourth-order valence-electron chi connectivity index (χ4n) is 1.70. The van der Waals surface area contributed by atoms with E-state index < -0.39 is 22.4 Å². The predicted molar refractivity (Wildman–Crippen MR) is 71.5 cm³/mol. The van der Waals surface area contributed by atoms with Crippen LogP contribution in [-0.2, 0) is 16.6 Å². The number of aryl methyl sites for hydroxylation is 1. The molecule has 2 aromatic rings. The third-order valence-electron chi connectivity index (χ3n) is 2.55. The maximum absolute atomic E-state index is 13.3. The lowest BCUT2D eigenvalue weighted by atomic mass is 10.3. The van der Waals surface area contributed by atoms with Gasteiger partial charge >= 0.3 is 0 Å². The minimum Gasteiger partial charge on any atom is -0.390 e. The van der Waals surface area contributed by atoms with Gasteiger partial charge in [0.25, 0.3) is 10.0 Å². The van der Waals surface area contributed by atoms with E-state index in [1.165, 1.54) is 19.1 Å². The zero-order valence-corrected chi connectivity index (χ0v) is 11.9. The summed E-state index contributed by atoms with van der Waals surface area (Å²) in [5.74, 6) is -0.738. The number of H-pyrrole nitrogens is 1. The van der Waals surface area contributed by atoms with E-state index in [9.17, 15) is 12.8 Å². The Labute approximate surface area is 119 Å². The number of hydrogen-bond acceptors (Lipinski definition) is 4. The third-order valence-corrected chi connectivity index (χ3v) is 4.44. The number of nitrogens with one attached hydrogen (secondary N) is 2. The van der Waals surface area contributed by atoms with E-state index in [0.717, 1.165) is 6.07 Å². The van der Waals surface area contributed by atoms with Gasteiger partial charge in [-0.3, -0.25) is 9.82 Å². The van der Waals surface area contributed by atoms with Crippen LogP contribution < -0.4 is 4.72 Å².